The molecule has 2 aromatic carbocycles. The zero-order valence-corrected chi connectivity index (χ0v) is 14.4. The van der Waals surface area contributed by atoms with Gasteiger partial charge in [-0.15, -0.1) is 0 Å². The maximum absolute atomic E-state index is 14.6. The van der Waals surface area contributed by atoms with Gasteiger partial charge in [-0.25, -0.2) is 4.39 Å². The zero-order chi connectivity index (χ0) is 16.7. The Morgan fingerprint density at radius 1 is 1.21 bits per heavy atom. The third-order valence-electron chi connectivity index (χ3n) is 5.14. The zero-order valence-electron chi connectivity index (χ0n) is 13.7. The van der Waals surface area contributed by atoms with Gasteiger partial charge >= 0.3 is 0 Å². The number of pyridine rings is 1. The van der Waals surface area contributed by atoms with E-state index in [1.165, 1.54) is 11.6 Å². The maximum Gasteiger partial charge on any atom is 0.131 e. The quantitative estimate of drug-likeness (QED) is 0.541. The fourth-order valence-corrected chi connectivity index (χ4v) is 3.98. The Kier molecular flexibility index (Phi) is 4.01. The van der Waals surface area contributed by atoms with Crippen molar-refractivity contribution in [3.8, 4) is 11.1 Å². The van der Waals surface area contributed by atoms with Crippen LogP contribution in [-0.2, 0) is 12.8 Å². The van der Waals surface area contributed by atoms with Crippen molar-refractivity contribution in [2.45, 2.75) is 32.6 Å². The predicted molar refractivity (Wildman–Crippen MR) is 98.0 cm³/mol. The molecule has 1 aliphatic carbocycles. The minimum atomic E-state index is -0.189. The maximum atomic E-state index is 14.6. The number of halogens is 2. The van der Waals surface area contributed by atoms with Crippen LogP contribution in [0.15, 0.2) is 42.5 Å². The second-order valence-corrected chi connectivity index (χ2v) is 7.01. The molecule has 0 aliphatic heterocycles. The smallest absolute Gasteiger partial charge is 0.131 e. The Bertz CT molecular complexity index is 919. The molecule has 3 aromatic rings. The molecule has 1 aromatic heterocycles. The minimum absolute atomic E-state index is 0.189. The van der Waals surface area contributed by atoms with Crippen molar-refractivity contribution >= 4 is 22.5 Å². The minimum Gasteiger partial charge on any atom is -0.253 e. The standard InChI is InChI=1S/C21H19ClFN/c1-2-13-7-9-19-16(11-13)21(15-5-3-4-6-18(15)23)17-12-14(22)8-10-20(17)24-19/h3-6,8,10,12-13H,2,7,9,11H2,1H3/t13-/m0/s1. The van der Waals surface area contributed by atoms with Gasteiger partial charge < -0.3 is 0 Å². The Hall–Kier alpha value is -1.93. The van der Waals surface area contributed by atoms with E-state index in [2.05, 4.69) is 6.92 Å². The van der Waals surface area contributed by atoms with Gasteiger partial charge in [0.2, 0.25) is 0 Å². The molecule has 0 amide bonds. The lowest BCUT2D eigenvalue weighted by molar-refractivity contribution is 0.441. The van der Waals surface area contributed by atoms with Gasteiger partial charge in [-0.1, -0.05) is 43.1 Å². The van der Waals surface area contributed by atoms with Crippen LogP contribution in [0.5, 0.6) is 0 Å². The van der Waals surface area contributed by atoms with Gasteiger partial charge in [-0.3, -0.25) is 4.98 Å². The largest absolute Gasteiger partial charge is 0.253 e. The molecule has 0 unspecified atom stereocenters. The molecule has 0 fully saturated rings. The Labute approximate surface area is 146 Å². The first-order chi connectivity index (χ1) is 11.7. The van der Waals surface area contributed by atoms with Crippen LogP contribution in [0.4, 0.5) is 4.39 Å². The average Bonchev–Trinajstić information content (AvgIpc) is 2.60. The summed E-state index contributed by atoms with van der Waals surface area (Å²) in [5.41, 5.74) is 4.85. The summed E-state index contributed by atoms with van der Waals surface area (Å²) in [5.74, 6) is 0.451. The molecule has 0 saturated heterocycles. The van der Waals surface area contributed by atoms with Crippen LogP contribution >= 0.6 is 11.6 Å². The molecule has 4 rings (SSSR count). The van der Waals surface area contributed by atoms with Crippen molar-refractivity contribution in [2.75, 3.05) is 0 Å². The summed E-state index contributed by atoms with van der Waals surface area (Å²) < 4.78 is 14.6. The van der Waals surface area contributed by atoms with Crippen LogP contribution in [0.3, 0.4) is 0 Å². The molecule has 1 heterocycles. The summed E-state index contributed by atoms with van der Waals surface area (Å²) in [6, 6.07) is 12.7. The van der Waals surface area contributed by atoms with E-state index in [9.17, 15) is 4.39 Å². The van der Waals surface area contributed by atoms with Gasteiger partial charge in [0, 0.05) is 21.7 Å². The number of aromatic nitrogens is 1. The summed E-state index contributed by atoms with van der Waals surface area (Å²) in [4.78, 5) is 4.86. The number of rotatable bonds is 2. The molecule has 0 saturated carbocycles. The van der Waals surface area contributed by atoms with Crippen molar-refractivity contribution < 1.29 is 4.39 Å². The summed E-state index contributed by atoms with van der Waals surface area (Å²) in [6.07, 6.45) is 4.23. The van der Waals surface area contributed by atoms with Crippen LogP contribution < -0.4 is 0 Å². The summed E-state index contributed by atoms with van der Waals surface area (Å²) in [6.45, 7) is 2.23. The Morgan fingerprint density at radius 2 is 2.04 bits per heavy atom. The highest BCUT2D eigenvalue weighted by atomic mass is 35.5. The fourth-order valence-electron chi connectivity index (χ4n) is 3.80. The molecule has 1 nitrogen and oxygen atoms in total. The van der Waals surface area contributed by atoms with E-state index >= 15 is 0 Å². The van der Waals surface area contributed by atoms with Gasteiger partial charge in [-0.05, 0) is 60.6 Å². The first-order valence-corrected chi connectivity index (χ1v) is 8.91. The molecule has 0 bridgehead atoms. The fraction of sp³-hybridized carbons (Fsp3) is 0.286. The van der Waals surface area contributed by atoms with Crippen LogP contribution in [0.1, 0.15) is 31.0 Å². The van der Waals surface area contributed by atoms with E-state index in [-0.39, 0.29) is 5.82 Å². The van der Waals surface area contributed by atoms with E-state index in [1.807, 2.05) is 30.3 Å². The van der Waals surface area contributed by atoms with E-state index in [0.29, 0.717) is 16.5 Å². The number of aryl methyl sites for hydroxylation is 1. The monoisotopic (exact) mass is 339 g/mol. The highest BCUT2D eigenvalue weighted by Crippen LogP contribution is 2.40. The van der Waals surface area contributed by atoms with Crippen molar-refractivity contribution in [3.63, 3.8) is 0 Å². The lowest BCUT2D eigenvalue weighted by Gasteiger charge is -2.26. The van der Waals surface area contributed by atoms with Crippen molar-refractivity contribution in [1.82, 2.24) is 4.98 Å². The molecular weight excluding hydrogens is 321 g/mol. The molecule has 0 spiro atoms. The predicted octanol–water partition coefficient (Wildman–Crippen LogP) is 6.21. The highest BCUT2D eigenvalue weighted by molar-refractivity contribution is 6.31. The van der Waals surface area contributed by atoms with Crippen molar-refractivity contribution in [3.05, 3.63) is 64.6 Å². The van der Waals surface area contributed by atoms with Crippen molar-refractivity contribution in [1.29, 1.82) is 0 Å². The normalized spacial score (nSPS) is 17.0. The summed E-state index contributed by atoms with van der Waals surface area (Å²) >= 11 is 6.24. The van der Waals surface area contributed by atoms with E-state index in [4.69, 9.17) is 16.6 Å². The lowest BCUT2D eigenvalue weighted by Crippen LogP contribution is -2.16. The van der Waals surface area contributed by atoms with E-state index in [0.717, 1.165) is 47.8 Å². The van der Waals surface area contributed by atoms with E-state index in [1.54, 1.807) is 6.07 Å². The summed E-state index contributed by atoms with van der Waals surface area (Å²) in [7, 11) is 0. The Morgan fingerprint density at radius 3 is 2.83 bits per heavy atom. The first kappa shape index (κ1) is 15.6. The number of nitrogens with zero attached hydrogens (tertiary/aromatic N) is 1. The highest BCUT2D eigenvalue weighted by Gasteiger charge is 2.25. The molecule has 122 valence electrons. The van der Waals surface area contributed by atoms with Crippen LogP contribution in [0, 0.1) is 11.7 Å². The van der Waals surface area contributed by atoms with Crippen molar-refractivity contribution in [2.24, 2.45) is 5.92 Å². The lowest BCUT2D eigenvalue weighted by atomic mass is 9.80. The van der Waals surface area contributed by atoms with E-state index < -0.39 is 0 Å². The third-order valence-corrected chi connectivity index (χ3v) is 5.37. The molecule has 24 heavy (non-hydrogen) atoms. The summed E-state index contributed by atoms with van der Waals surface area (Å²) in [5, 5.41) is 1.60. The average molecular weight is 340 g/mol. The van der Waals surface area contributed by atoms with Crippen LogP contribution in [0.25, 0.3) is 22.0 Å². The van der Waals surface area contributed by atoms with Gasteiger partial charge in [0.05, 0.1) is 5.52 Å². The number of hydrogen-bond acceptors (Lipinski definition) is 1. The van der Waals surface area contributed by atoms with Gasteiger partial charge in [-0.2, -0.15) is 0 Å². The van der Waals surface area contributed by atoms with Gasteiger partial charge in [0.25, 0.3) is 0 Å². The SMILES string of the molecule is CC[C@H]1CCc2nc3ccc(Cl)cc3c(-c3ccccc3F)c2C1. The molecular formula is C21H19ClFN. The number of benzene rings is 2. The molecule has 1 aliphatic rings. The van der Waals surface area contributed by atoms with Crippen LogP contribution in [0.2, 0.25) is 5.02 Å². The molecule has 3 heteroatoms. The van der Waals surface area contributed by atoms with Gasteiger partial charge in [0.15, 0.2) is 0 Å². The first-order valence-electron chi connectivity index (χ1n) is 8.53. The second-order valence-electron chi connectivity index (χ2n) is 6.57. The second kappa shape index (κ2) is 6.18. The third kappa shape index (κ3) is 2.59. The van der Waals surface area contributed by atoms with Crippen LogP contribution in [-0.4, -0.2) is 4.98 Å². The van der Waals surface area contributed by atoms with Gasteiger partial charge in [0.1, 0.15) is 5.82 Å². The molecule has 0 N–H and O–H groups in total. The molecule has 0 radical (unpaired) electrons. The molecule has 1 atom stereocenters. The Balaban J connectivity index is 2.07. The topological polar surface area (TPSA) is 12.9 Å². The number of hydrogen-bond donors (Lipinski definition) is 0. The number of fused-ring (bicyclic) bond motifs is 2.